The first kappa shape index (κ1) is 18.4. The number of carbonyl (C=O) groups excluding carboxylic acids is 2. The van der Waals surface area contributed by atoms with Crippen LogP contribution in [0.1, 0.15) is 29.7 Å². The van der Waals surface area contributed by atoms with Gasteiger partial charge in [0.25, 0.3) is 0 Å². The Morgan fingerprint density at radius 2 is 1.70 bits per heavy atom. The van der Waals surface area contributed by atoms with Crippen molar-refractivity contribution >= 4 is 28.9 Å². The zero-order valence-electron chi connectivity index (χ0n) is 15.2. The highest BCUT2D eigenvalue weighted by atomic mass is 16.2. The van der Waals surface area contributed by atoms with Gasteiger partial charge in [0.1, 0.15) is 0 Å². The Bertz CT molecular complexity index is 961. The van der Waals surface area contributed by atoms with E-state index in [1.165, 1.54) is 0 Å². The van der Waals surface area contributed by atoms with Gasteiger partial charge in [-0.2, -0.15) is 5.10 Å². The molecule has 6 heteroatoms. The van der Waals surface area contributed by atoms with Crippen molar-refractivity contribution in [2.75, 3.05) is 0 Å². The number of para-hydroxylation sites is 1. The Morgan fingerprint density at radius 1 is 1.00 bits per heavy atom. The predicted molar refractivity (Wildman–Crippen MR) is 106 cm³/mol. The molecular formula is C21H22N4O2. The normalized spacial score (nSPS) is 11.0. The predicted octanol–water partition coefficient (Wildman–Crippen LogP) is 3.02. The molecule has 0 aliphatic heterocycles. The van der Waals surface area contributed by atoms with Crippen molar-refractivity contribution in [3.8, 4) is 0 Å². The Morgan fingerprint density at radius 3 is 2.52 bits per heavy atom. The first-order valence-corrected chi connectivity index (χ1v) is 8.83. The summed E-state index contributed by atoms with van der Waals surface area (Å²) in [5.74, 6) is -0.455. The summed E-state index contributed by atoms with van der Waals surface area (Å²) >= 11 is 0. The van der Waals surface area contributed by atoms with Gasteiger partial charge in [-0.25, -0.2) is 5.43 Å². The number of carbonyl (C=O) groups is 2. The molecule has 0 saturated heterocycles. The molecule has 0 atom stereocenters. The molecule has 0 unspecified atom stereocenters. The molecule has 0 aliphatic carbocycles. The molecule has 0 bridgehead atoms. The van der Waals surface area contributed by atoms with Crippen molar-refractivity contribution in [1.82, 2.24) is 15.7 Å². The molecule has 0 aliphatic rings. The maximum absolute atomic E-state index is 11.9. The fraction of sp³-hybridized carbons (Fsp3) is 0.190. The van der Waals surface area contributed by atoms with E-state index >= 15 is 0 Å². The maximum atomic E-state index is 11.9. The summed E-state index contributed by atoms with van der Waals surface area (Å²) in [7, 11) is 0. The molecule has 2 amide bonds. The lowest BCUT2D eigenvalue weighted by molar-refractivity contribution is -0.126. The summed E-state index contributed by atoms with van der Waals surface area (Å²) < 4.78 is 0. The van der Waals surface area contributed by atoms with Crippen LogP contribution in [-0.2, 0) is 16.1 Å². The number of rotatable bonds is 7. The van der Waals surface area contributed by atoms with Gasteiger partial charge in [-0.3, -0.25) is 9.59 Å². The molecule has 1 heterocycles. The lowest BCUT2D eigenvalue weighted by atomic mass is 10.1. The number of nitrogens with zero attached hydrogens (tertiary/aromatic N) is 1. The van der Waals surface area contributed by atoms with Gasteiger partial charge in [0, 0.05) is 41.5 Å². The molecule has 3 rings (SSSR count). The Labute approximate surface area is 157 Å². The van der Waals surface area contributed by atoms with Crippen LogP contribution in [0.25, 0.3) is 10.9 Å². The molecule has 0 spiro atoms. The highest BCUT2D eigenvalue weighted by Crippen LogP contribution is 2.19. The number of H-pyrrole nitrogens is 1. The van der Waals surface area contributed by atoms with Gasteiger partial charge >= 0.3 is 0 Å². The molecule has 3 N–H and O–H groups in total. The first-order valence-electron chi connectivity index (χ1n) is 8.83. The molecule has 0 fully saturated rings. The van der Waals surface area contributed by atoms with Crippen LogP contribution >= 0.6 is 0 Å². The van der Waals surface area contributed by atoms with E-state index in [0.717, 1.165) is 27.7 Å². The second-order valence-corrected chi connectivity index (χ2v) is 6.26. The molecule has 1 aromatic heterocycles. The number of nitrogens with one attached hydrogen (secondary N) is 3. The van der Waals surface area contributed by atoms with Crippen LogP contribution in [0.3, 0.4) is 0 Å². The van der Waals surface area contributed by atoms with Gasteiger partial charge in [-0.15, -0.1) is 0 Å². The smallest absolute Gasteiger partial charge is 0.240 e. The Kier molecular flexibility index (Phi) is 5.99. The number of aryl methyl sites for hydroxylation is 1. The minimum Gasteiger partial charge on any atom is -0.358 e. The molecule has 2 aromatic carbocycles. The van der Waals surface area contributed by atoms with E-state index in [4.69, 9.17) is 0 Å². The highest BCUT2D eigenvalue weighted by molar-refractivity contribution is 6.00. The van der Waals surface area contributed by atoms with Crippen molar-refractivity contribution in [1.29, 1.82) is 0 Å². The van der Waals surface area contributed by atoms with Crippen LogP contribution in [0, 0.1) is 6.92 Å². The van der Waals surface area contributed by atoms with E-state index < -0.39 is 0 Å². The van der Waals surface area contributed by atoms with E-state index in [0.29, 0.717) is 6.54 Å². The van der Waals surface area contributed by atoms with Crippen molar-refractivity contribution in [3.05, 3.63) is 71.4 Å². The molecule has 0 radical (unpaired) electrons. The molecule has 6 nitrogen and oxygen atoms in total. The molecule has 27 heavy (non-hydrogen) atoms. The van der Waals surface area contributed by atoms with Crippen LogP contribution in [0.2, 0.25) is 0 Å². The number of aromatic nitrogens is 1. The highest BCUT2D eigenvalue weighted by Gasteiger charge is 2.07. The monoisotopic (exact) mass is 362 g/mol. The summed E-state index contributed by atoms with van der Waals surface area (Å²) in [5, 5.41) is 7.87. The van der Waals surface area contributed by atoms with E-state index in [-0.39, 0.29) is 24.7 Å². The van der Waals surface area contributed by atoms with Crippen LogP contribution in [0.4, 0.5) is 0 Å². The third kappa shape index (κ3) is 5.04. The van der Waals surface area contributed by atoms with E-state index in [1.54, 1.807) is 6.21 Å². The lowest BCUT2D eigenvalue weighted by Gasteiger charge is -2.04. The van der Waals surface area contributed by atoms with Gasteiger partial charge in [-0.1, -0.05) is 48.5 Å². The van der Waals surface area contributed by atoms with Gasteiger partial charge < -0.3 is 10.3 Å². The van der Waals surface area contributed by atoms with Crippen molar-refractivity contribution < 1.29 is 9.59 Å². The molecule has 138 valence electrons. The van der Waals surface area contributed by atoms with Gasteiger partial charge in [-0.05, 0) is 18.6 Å². The second-order valence-electron chi connectivity index (χ2n) is 6.26. The number of fused-ring (bicyclic) bond motifs is 1. The van der Waals surface area contributed by atoms with Crippen molar-refractivity contribution in [3.63, 3.8) is 0 Å². The summed E-state index contributed by atoms with van der Waals surface area (Å²) in [6.07, 6.45) is 1.84. The maximum Gasteiger partial charge on any atom is 0.240 e. The third-order valence-corrected chi connectivity index (χ3v) is 4.24. The van der Waals surface area contributed by atoms with E-state index in [1.807, 2.05) is 61.5 Å². The zero-order chi connectivity index (χ0) is 19.1. The number of hydrogen-bond acceptors (Lipinski definition) is 3. The summed E-state index contributed by atoms with van der Waals surface area (Å²) in [4.78, 5) is 27.0. The van der Waals surface area contributed by atoms with Crippen LogP contribution in [0.5, 0.6) is 0 Å². The zero-order valence-corrected chi connectivity index (χ0v) is 15.2. The van der Waals surface area contributed by atoms with Crippen LogP contribution in [-0.4, -0.2) is 23.0 Å². The topological polar surface area (TPSA) is 86.3 Å². The average Bonchev–Trinajstić information content (AvgIpc) is 3.01. The number of hydrazone groups is 1. The average molecular weight is 362 g/mol. The minimum atomic E-state index is -0.293. The van der Waals surface area contributed by atoms with E-state index in [9.17, 15) is 9.59 Å². The van der Waals surface area contributed by atoms with Crippen molar-refractivity contribution in [2.24, 2.45) is 5.10 Å². The molecule has 0 saturated carbocycles. The Hall–Kier alpha value is -3.41. The summed E-state index contributed by atoms with van der Waals surface area (Å²) in [6.45, 7) is 2.42. The number of benzene rings is 2. The lowest BCUT2D eigenvalue weighted by Crippen LogP contribution is -2.25. The molecule has 3 aromatic rings. The number of amides is 2. The largest absolute Gasteiger partial charge is 0.358 e. The van der Waals surface area contributed by atoms with Gasteiger partial charge in [0.15, 0.2) is 0 Å². The fourth-order valence-electron chi connectivity index (χ4n) is 2.80. The summed E-state index contributed by atoms with van der Waals surface area (Å²) in [5.41, 5.74) is 6.44. The van der Waals surface area contributed by atoms with Crippen molar-refractivity contribution in [2.45, 2.75) is 26.3 Å². The Balaban J connectivity index is 1.44. The standard InChI is InChI=1S/C21H22N4O2/c1-15-18(17-9-5-6-10-19(17)24-15)14-23-25-21(27)12-11-20(26)22-13-16-7-3-2-4-8-16/h2-10,14,24H,11-13H2,1H3,(H,22,26)(H,25,27). The fourth-order valence-corrected chi connectivity index (χ4v) is 2.80. The SMILES string of the molecule is Cc1[nH]c2ccccc2c1C=NNC(=O)CCC(=O)NCc1ccccc1. The minimum absolute atomic E-state index is 0.0881. The first-order chi connectivity index (χ1) is 13.1. The quantitative estimate of drug-likeness (QED) is 0.446. The number of aromatic amines is 1. The second kappa shape index (κ2) is 8.80. The number of hydrogen-bond donors (Lipinski definition) is 3. The van der Waals surface area contributed by atoms with Crippen LogP contribution < -0.4 is 10.7 Å². The van der Waals surface area contributed by atoms with Gasteiger partial charge in [0.05, 0.1) is 6.21 Å². The summed E-state index contributed by atoms with van der Waals surface area (Å²) in [6, 6.07) is 17.6. The molecular weight excluding hydrogens is 340 g/mol. The third-order valence-electron chi connectivity index (χ3n) is 4.24. The van der Waals surface area contributed by atoms with E-state index in [2.05, 4.69) is 20.8 Å². The van der Waals surface area contributed by atoms with Crippen LogP contribution in [0.15, 0.2) is 59.7 Å². The van der Waals surface area contributed by atoms with Gasteiger partial charge in [0.2, 0.25) is 11.8 Å².